The lowest BCUT2D eigenvalue weighted by atomic mass is 10.3. The first-order valence-electron chi connectivity index (χ1n) is 6.60. The van der Waals surface area contributed by atoms with Gasteiger partial charge in [-0.25, -0.2) is 0 Å². The van der Waals surface area contributed by atoms with Crippen LogP contribution in [0.2, 0.25) is 5.02 Å². The lowest BCUT2D eigenvalue weighted by Crippen LogP contribution is -2.28. The van der Waals surface area contributed by atoms with E-state index in [2.05, 4.69) is 17.6 Å². The van der Waals surface area contributed by atoms with Gasteiger partial charge in [-0.2, -0.15) is 0 Å². The summed E-state index contributed by atoms with van der Waals surface area (Å²) in [5, 5.41) is 6.33. The molecule has 0 atom stereocenters. The summed E-state index contributed by atoms with van der Waals surface area (Å²) in [6.07, 6.45) is 1.93. The minimum absolute atomic E-state index is 0.0771. The van der Waals surface area contributed by atoms with E-state index in [1.807, 2.05) is 6.92 Å². The van der Waals surface area contributed by atoms with E-state index in [0.717, 1.165) is 19.4 Å². The van der Waals surface area contributed by atoms with E-state index in [1.165, 1.54) is 0 Å². The molecule has 1 rings (SSSR count). The fourth-order valence-electron chi connectivity index (χ4n) is 1.49. The third-order valence-corrected chi connectivity index (χ3v) is 2.69. The maximum atomic E-state index is 11.6. The molecular formula is C14H21ClN2O2. The number of carbonyl (C=O) groups excluding carboxylic acids is 1. The van der Waals surface area contributed by atoms with Crippen LogP contribution < -0.4 is 15.4 Å². The highest BCUT2D eigenvalue weighted by Gasteiger charge is 2.05. The first-order chi connectivity index (χ1) is 9.17. The molecule has 0 aliphatic heterocycles. The van der Waals surface area contributed by atoms with Gasteiger partial charge in [-0.15, -0.1) is 0 Å². The fraction of sp³-hybridized carbons (Fsp3) is 0.500. The highest BCUT2D eigenvalue weighted by atomic mass is 35.5. The van der Waals surface area contributed by atoms with E-state index in [1.54, 1.807) is 18.2 Å². The summed E-state index contributed by atoms with van der Waals surface area (Å²) in [7, 11) is 0. The average Bonchev–Trinajstić information content (AvgIpc) is 2.38. The molecule has 0 heterocycles. The van der Waals surface area contributed by atoms with Crippen LogP contribution in [0.5, 0.6) is 5.75 Å². The van der Waals surface area contributed by atoms with Crippen molar-refractivity contribution < 1.29 is 9.53 Å². The van der Waals surface area contributed by atoms with Crippen LogP contribution in [-0.2, 0) is 4.79 Å². The van der Waals surface area contributed by atoms with Gasteiger partial charge in [0.2, 0.25) is 5.91 Å². The summed E-state index contributed by atoms with van der Waals surface area (Å²) in [5.41, 5.74) is 0.678. The second-order valence-electron chi connectivity index (χ2n) is 4.22. The fourth-order valence-corrected chi connectivity index (χ4v) is 1.73. The van der Waals surface area contributed by atoms with E-state index in [-0.39, 0.29) is 5.91 Å². The number of rotatable bonds is 8. The van der Waals surface area contributed by atoms with Crippen molar-refractivity contribution in [2.75, 3.05) is 25.0 Å². The summed E-state index contributed by atoms with van der Waals surface area (Å²) in [6, 6.07) is 5.26. The van der Waals surface area contributed by atoms with Crippen molar-refractivity contribution in [3.8, 4) is 5.75 Å². The Bertz CT molecular complexity index is 410. The zero-order chi connectivity index (χ0) is 14.1. The Kier molecular flexibility index (Phi) is 7.30. The number of anilines is 1. The molecular weight excluding hydrogens is 264 g/mol. The van der Waals surface area contributed by atoms with E-state index in [4.69, 9.17) is 16.3 Å². The first kappa shape index (κ1) is 15.8. The molecule has 0 bridgehead atoms. The molecule has 0 aliphatic rings. The number of carbonyl (C=O) groups is 1. The summed E-state index contributed by atoms with van der Waals surface area (Å²) >= 11 is 6.08. The molecule has 1 aromatic carbocycles. The normalized spacial score (nSPS) is 10.3. The second-order valence-corrected chi connectivity index (χ2v) is 4.63. The van der Waals surface area contributed by atoms with Crippen molar-refractivity contribution in [2.24, 2.45) is 0 Å². The number of nitrogens with one attached hydrogen (secondary N) is 2. The Morgan fingerprint density at radius 3 is 2.74 bits per heavy atom. The predicted molar refractivity (Wildman–Crippen MR) is 79.0 cm³/mol. The van der Waals surface area contributed by atoms with Crippen LogP contribution in [0.3, 0.4) is 0 Å². The van der Waals surface area contributed by atoms with Crippen LogP contribution in [0, 0.1) is 0 Å². The van der Waals surface area contributed by atoms with Gasteiger partial charge >= 0.3 is 0 Å². The molecule has 5 heteroatoms. The van der Waals surface area contributed by atoms with Gasteiger partial charge in [0.05, 0.1) is 18.2 Å². The molecule has 0 aliphatic carbocycles. The third-order valence-electron chi connectivity index (χ3n) is 2.39. The number of hydrogen-bond acceptors (Lipinski definition) is 3. The van der Waals surface area contributed by atoms with Gasteiger partial charge in [0, 0.05) is 5.69 Å². The number of hydrogen-bond donors (Lipinski definition) is 2. The number of ether oxygens (including phenoxy) is 1. The topological polar surface area (TPSA) is 50.4 Å². The van der Waals surface area contributed by atoms with Gasteiger partial charge in [-0.3, -0.25) is 4.79 Å². The molecule has 0 fully saturated rings. The lowest BCUT2D eigenvalue weighted by Gasteiger charge is -2.10. The van der Waals surface area contributed by atoms with Crippen molar-refractivity contribution in [3.63, 3.8) is 0 Å². The first-order valence-corrected chi connectivity index (χ1v) is 6.98. The maximum Gasteiger partial charge on any atom is 0.238 e. The summed E-state index contributed by atoms with van der Waals surface area (Å²) < 4.78 is 5.47. The summed E-state index contributed by atoms with van der Waals surface area (Å²) in [4.78, 5) is 11.6. The molecule has 19 heavy (non-hydrogen) atoms. The molecule has 1 aromatic rings. The maximum absolute atomic E-state index is 11.6. The quantitative estimate of drug-likeness (QED) is 0.721. The van der Waals surface area contributed by atoms with E-state index in [0.29, 0.717) is 29.6 Å². The van der Waals surface area contributed by atoms with Crippen LogP contribution in [0.4, 0.5) is 5.69 Å². The Hall–Kier alpha value is -1.26. The molecule has 0 radical (unpaired) electrons. The van der Waals surface area contributed by atoms with Gasteiger partial charge in [-0.05, 0) is 37.6 Å². The number of amides is 1. The van der Waals surface area contributed by atoms with Crippen molar-refractivity contribution in [1.82, 2.24) is 5.32 Å². The molecule has 106 valence electrons. The molecule has 0 saturated carbocycles. The van der Waals surface area contributed by atoms with Crippen molar-refractivity contribution in [2.45, 2.75) is 26.7 Å². The van der Waals surface area contributed by atoms with Crippen molar-refractivity contribution in [3.05, 3.63) is 23.2 Å². The van der Waals surface area contributed by atoms with Gasteiger partial charge < -0.3 is 15.4 Å². The zero-order valence-electron chi connectivity index (χ0n) is 11.5. The SMILES string of the molecule is CCCNCC(=O)Nc1ccc(OCCC)c(Cl)c1. The van der Waals surface area contributed by atoms with Crippen LogP contribution in [0.25, 0.3) is 0 Å². The van der Waals surface area contributed by atoms with E-state index >= 15 is 0 Å². The molecule has 0 aromatic heterocycles. The zero-order valence-corrected chi connectivity index (χ0v) is 12.2. The average molecular weight is 285 g/mol. The van der Waals surface area contributed by atoms with Crippen LogP contribution >= 0.6 is 11.6 Å². The van der Waals surface area contributed by atoms with Crippen molar-refractivity contribution >= 4 is 23.2 Å². The van der Waals surface area contributed by atoms with Crippen molar-refractivity contribution in [1.29, 1.82) is 0 Å². The largest absolute Gasteiger partial charge is 0.492 e. The summed E-state index contributed by atoms with van der Waals surface area (Å²) in [6.45, 7) is 5.86. The highest BCUT2D eigenvalue weighted by Crippen LogP contribution is 2.27. The smallest absolute Gasteiger partial charge is 0.238 e. The third kappa shape index (κ3) is 5.94. The molecule has 0 unspecified atom stereocenters. The van der Waals surface area contributed by atoms with Gasteiger partial charge in [0.1, 0.15) is 5.75 Å². The van der Waals surface area contributed by atoms with Gasteiger partial charge in [0.15, 0.2) is 0 Å². The highest BCUT2D eigenvalue weighted by molar-refractivity contribution is 6.32. The minimum atomic E-state index is -0.0771. The molecule has 4 nitrogen and oxygen atoms in total. The van der Waals surface area contributed by atoms with E-state index < -0.39 is 0 Å². The van der Waals surface area contributed by atoms with Gasteiger partial charge in [0.25, 0.3) is 0 Å². The molecule has 0 spiro atoms. The lowest BCUT2D eigenvalue weighted by molar-refractivity contribution is -0.115. The van der Waals surface area contributed by atoms with Crippen LogP contribution in [0.15, 0.2) is 18.2 Å². The van der Waals surface area contributed by atoms with Crippen LogP contribution in [0.1, 0.15) is 26.7 Å². The summed E-state index contributed by atoms with van der Waals surface area (Å²) in [5.74, 6) is 0.567. The monoisotopic (exact) mass is 284 g/mol. The molecule has 2 N–H and O–H groups in total. The van der Waals surface area contributed by atoms with Crippen LogP contribution in [-0.4, -0.2) is 25.6 Å². The second kappa shape index (κ2) is 8.77. The Balaban J connectivity index is 2.50. The standard InChI is InChI=1S/C14H21ClN2O2/c1-3-7-16-10-14(18)17-11-5-6-13(12(15)9-11)19-8-4-2/h5-6,9,16H,3-4,7-8,10H2,1-2H3,(H,17,18). The Labute approximate surface area is 119 Å². The van der Waals surface area contributed by atoms with Gasteiger partial charge in [-0.1, -0.05) is 25.4 Å². The minimum Gasteiger partial charge on any atom is -0.492 e. The Morgan fingerprint density at radius 2 is 2.11 bits per heavy atom. The Morgan fingerprint density at radius 1 is 1.32 bits per heavy atom. The number of halogens is 1. The molecule has 0 saturated heterocycles. The predicted octanol–water partition coefficient (Wildman–Crippen LogP) is 3.07. The van der Waals surface area contributed by atoms with E-state index in [9.17, 15) is 4.79 Å². The number of benzene rings is 1. The molecule has 1 amide bonds.